The normalized spacial score (nSPS) is 19.9. The molecule has 0 bridgehead atoms. The van der Waals surface area contributed by atoms with Crippen molar-refractivity contribution >= 4 is 5.91 Å². The summed E-state index contributed by atoms with van der Waals surface area (Å²) in [4.78, 5) is 17.0. The summed E-state index contributed by atoms with van der Waals surface area (Å²) in [6.45, 7) is 7.97. The van der Waals surface area contributed by atoms with Gasteiger partial charge in [0.1, 0.15) is 17.2 Å². The van der Waals surface area contributed by atoms with Crippen molar-refractivity contribution in [2.45, 2.75) is 19.4 Å². The standard InChI is InChI=1S/C23H29N3O3/c1-18-2-4-21(5-3-18)29-22-8-6-20(7-9-22)28-17-23(27)26-13-10-19(16-26)25-14-11-24-12-15-25/h2-9,19,24H,10-17H2,1H3. The number of hydrogen-bond acceptors (Lipinski definition) is 5. The summed E-state index contributed by atoms with van der Waals surface area (Å²) < 4.78 is 11.5. The lowest BCUT2D eigenvalue weighted by molar-refractivity contribution is -0.132. The third-order valence-electron chi connectivity index (χ3n) is 5.63. The van der Waals surface area contributed by atoms with E-state index in [1.807, 2.05) is 60.4 Å². The third-order valence-corrected chi connectivity index (χ3v) is 5.63. The van der Waals surface area contributed by atoms with Gasteiger partial charge in [0.15, 0.2) is 6.61 Å². The molecule has 2 aliphatic heterocycles. The van der Waals surface area contributed by atoms with E-state index in [0.29, 0.717) is 11.8 Å². The number of nitrogens with zero attached hydrogens (tertiary/aromatic N) is 2. The molecule has 2 saturated heterocycles. The van der Waals surface area contributed by atoms with Crippen LogP contribution in [-0.4, -0.2) is 67.6 Å². The summed E-state index contributed by atoms with van der Waals surface area (Å²) in [6.07, 6.45) is 1.05. The first kappa shape index (κ1) is 19.7. The second-order valence-corrected chi connectivity index (χ2v) is 7.74. The van der Waals surface area contributed by atoms with Gasteiger partial charge in [-0.2, -0.15) is 0 Å². The summed E-state index contributed by atoms with van der Waals surface area (Å²) >= 11 is 0. The molecule has 0 aromatic heterocycles. The van der Waals surface area contributed by atoms with Crippen LogP contribution in [-0.2, 0) is 4.79 Å². The molecule has 2 aromatic carbocycles. The molecule has 2 heterocycles. The van der Waals surface area contributed by atoms with Crippen LogP contribution in [0.4, 0.5) is 0 Å². The molecule has 2 aromatic rings. The molecule has 2 aliphatic rings. The van der Waals surface area contributed by atoms with Crippen molar-refractivity contribution in [1.82, 2.24) is 15.1 Å². The number of ether oxygens (including phenoxy) is 2. The molecule has 29 heavy (non-hydrogen) atoms. The minimum Gasteiger partial charge on any atom is -0.484 e. The molecule has 1 atom stereocenters. The van der Waals surface area contributed by atoms with Crippen LogP contribution in [0.2, 0.25) is 0 Å². The molecule has 1 unspecified atom stereocenters. The highest BCUT2D eigenvalue weighted by Gasteiger charge is 2.30. The highest BCUT2D eigenvalue weighted by Crippen LogP contribution is 2.24. The largest absolute Gasteiger partial charge is 0.484 e. The zero-order valence-electron chi connectivity index (χ0n) is 17.0. The van der Waals surface area contributed by atoms with E-state index in [1.165, 1.54) is 5.56 Å². The van der Waals surface area contributed by atoms with E-state index in [0.717, 1.165) is 57.2 Å². The van der Waals surface area contributed by atoms with Crippen molar-refractivity contribution in [3.8, 4) is 17.2 Å². The van der Waals surface area contributed by atoms with Crippen molar-refractivity contribution in [2.75, 3.05) is 45.9 Å². The van der Waals surface area contributed by atoms with Gasteiger partial charge < -0.3 is 19.7 Å². The van der Waals surface area contributed by atoms with Crippen LogP contribution in [0.5, 0.6) is 17.2 Å². The zero-order chi connectivity index (χ0) is 20.1. The molecule has 6 heteroatoms. The maximum atomic E-state index is 12.5. The van der Waals surface area contributed by atoms with Crippen LogP contribution in [0.3, 0.4) is 0 Å². The van der Waals surface area contributed by atoms with Gasteiger partial charge in [-0.1, -0.05) is 17.7 Å². The molecule has 0 saturated carbocycles. The predicted octanol–water partition coefficient (Wildman–Crippen LogP) is 2.67. The Morgan fingerprint density at radius 2 is 1.59 bits per heavy atom. The fourth-order valence-electron chi connectivity index (χ4n) is 3.90. The van der Waals surface area contributed by atoms with Crippen molar-refractivity contribution < 1.29 is 14.3 Å². The fraction of sp³-hybridized carbons (Fsp3) is 0.435. The Balaban J connectivity index is 1.23. The van der Waals surface area contributed by atoms with Crippen molar-refractivity contribution in [3.05, 3.63) is 54.1 Å². The molecule has 1 N–H and O–H groups in total. The lowest BCUT2D eigenvalue weighted by atomic mass is 10.2. The van der Waals surface area contributed by atoms with Gasteiger partial charge in [-0.15, -0.1) is 0 Å². The van der Waals surface area contributed by atoms with E-state index < -0.39 is 0 Å². The maximum absolute atomic E-state index is 12.5. The second kappa shape index (κ2) is 9.29. The molecule has 154 valence electrons. The third kappa shape index (κ3) is 5.28. The quantitative estimate of drug-likeness (QED) is 0.815. The van der Waals surface area contributed by atoms with Crippen molar-refractivity contribution in [3.63, 3.8) is 0 Å². The van der Waals surface area contributed by atoms with Crippen molar-refractivity contribution in [1.29, 1.82) is 0 Å². The van der Waals surface area contributed by atoms with Gasteiger partial charge in [-0.05, 0) is 49.7 Å². The summed E-state index contributed by atoms with van der Waals surface area (Å²) in [7, 11) is 0. The van der Waals surface area contributed by atoms with Gasteiger partial charge in [0, 0.05) is 45.3 Å². The Labute approximate surface area is 172 Å². The van der Waals surface area contributed by atoms with Gasteiger partial charge in [0.25, 0.3) is 5.91 Å². The number of likely N-dealkylation sites (tertiary alicyclic amines) is 1. The van der Waals surface area contributed by atoms with Crippen LogP contribution in [0, 0.1) is 6.92 Å². The number of carbonyl (C=O) groups excluding carboxylic acids is 1. The van der Waals surface area contributed by atoms with E-state index in [1.54, 1.807) is 0 Å². The molecule has 0 aliphatic carbocycles. The summed E-state index contributed by atoms with van der Waals surface area (Å²) in [5.41, 5.74) is 1.20. The van der Waals surface area contributed by atoms with Crippen LogP contribution < -0.4 is 14.8 Å². The van der Waals surface area contributed by atoms with Crippen LogP contribution in [0.1, 0.15) is 12.0 Å². The minimum atomic E-state index is 0.0580. The molecule has 0 radical (unpaired) electrons. The van der Waals surface area contributed by atoms with E-state index in [2.05, 4.69) is 10.2 Å². The Morgan fingerprint density at radius 3 is 2.28 bits per heavy atom. The Morgan fingerprint density at radius 1 is 0.966 bits per heavy atom. The van der Waals surface area contributed by atoms with Crippen LogP contribution in [0.25, 0.3) is 0 Å². The zero-order valence-corrected chi connectivity index (χ0v) is 17.0. The molecular formula is C23H29N3O3. The van der Waals surface area contributed by atoms with Gasteiger partial charge in [0.05, 0.1) is 0 Å². The van der Waals surface area contributed by atoms with Gasteiger partial charge in [-0.25, -0.2) is 0 Å². The molecule has 2 fully saturated rings. The van der Waals surface area contributed by atoms with E-state index in [9.17, 15) is 4.79 Å². The maximum Gasteiger partial charge on any atom is 0.260 e. The Kier molecular flexibility index (Phi) is 6.32. The average Bonchev–Trinajstić information content (AvgIpc) is 3.26. The number of amides is 1. The lowest BCUT2D eigenvalue weighted by Gasteiger charge is -2.32. The highest BCUT2D eigenvalue weighted by molar-refractivity contribution is 5.78. The molecular weight excluding hydrogens is 366 g/mol. The SMILES string of the molecule is Cc1ccc(Oc2ccc(OCC(=O)N3CCC(N4CCNCC4)C3)cc2)cc1. The predicted molar refractivity (Wildman–Crippen MR) is 113 cm³/mol. The number of piperazine rings is 1. The minimum absolute atomic E-state index is 0.0580. The Hall–Kier alpha value is -2.57. The topological polar surface area (TPSA) is 54.0 Å². The number of hydrogen-bond donors (Lipinski definition) is 1. The number of nitrogens with one attached hydrogen (secondary N) is 1. The summed E-state index contributed by atoms with van der Waals surface area (Å²) in [6, 6.07) is 15.8. The fourth-order valence-corrected chi connectivity index (χ4v) is 3.90. The highest BCUT2D eigenvalue weighted by atomic mass is 16.5. The molecule has 4 rings (SSSR count). The van der Waals surface area contributed by atoms with Crippen LogP contribution in [0.15, 0.2) is 48.5 Å². The van der Waals surface area contributed by atoms with Crippen LogP contribution >= 0.6 is 0 Å². The smallest absolute Gasteiger partial charge is 0.260 e. The first-order valence-electron chi connectivity index (χ1n) is 10.4. The number of aryl methyl sites for hydroxylation is 1. The number of benzene rings is 2. The number of rotatable bonds is 6. The molecule has 1 amide bonds. The van der Waals surface area contributed by atoms with E-state index in [-0.39, 0.29) is 12.5 Å². The lowest BCUT2D eigenvalue weighted by Crippen LogP contribution is -2.49. The number of carbonyl (C=O) groups is 1. The molecule has 0 spiro atoms. The van der Waals surface area contributed by atoms with E-state index in [4.69, 9.17) is 9.47 Å². The first-order valence-corrected chi connectivity index (χ1v) is 10.4. The van der Waals surface area contributed by atoms with E-state index >= 15 is 0 Å². The summed E-state index contributed by atoms with van der Waals surface area (Å²) in [5.74, 6) is 2.27. The second-order valence-electron chi connectivity index (χ2n) is 7.74. The Bertz CT molecular complexity index is 801. The monoisotopic (exact) mass is 395 g/mol. The van der Waals surface area contributed by atoms with Gasteiger partial charge in [0.2, 0.25) is 0 Å². The first-order chi connectivity index (χ1) is 14.2. The van der Waals surface area contributed by atoms with Crippen molar-refractivity contribution in [2.24, 2.45) is 0 Å². The average molecular weight is 396 g/mol. The van der Waals surface area contributed by atoms with Gasteiger partial charge >= 0.3 is 0 Å². The summed E-state index contributed by atoms with van der Waals surface area (Å²) in [5, 5.41) is 3.38. The molecule has 6 nitrogen and oxygen atoms in total. The van der Waals surface area contributed by atoms with Gasteiger partial charge in [-0.3, -0.25) is 9.69 Å².